The fourth-order valence-electron chi connectivity index (χ4n) is 0.909. The minimum atomic E-state index is -1.08. The van der Waals surface area contributed by atoms with Crippen molar-refractivity contribution in [2.75, 3.05) is 6.79 Å². The van der Waals surface area contributed by atoms with Crippen molar-refractivity contribution in [3.8, 4) is 11.6 Å². The van der Waals surface area contributed by atoms with Gasteiger partial charge in [-0.15, -0.1) is 0 Å². The van der Waals surface area contributed by atoms with Crippen molar-refractivity contribution in [2.45, 2.75) is 0 Å². The van der Waals surface area contributed by atoms with Gasteiger partial charge in [-0.1, -0.05) is 0 Å². The Bertz CT molecular complexity index is 336. The number of rotatable bonds is 1. The van der Waals surface area contributed by atoms with E-state index in [2.05, 4.69) is 4.98 Å². The smallest absolute Gasteiger partial charge is 0.354 e. The van der Waals surface area contributed by atoms with Gasteiger partial charge in [0.15, 0.2) is 11.4 Å². The van der Waals surface area contributed by atoms with Gasteiger partial charge in [0.1, 0.15) is 0 Å². The molecule has 0 atom stereocenters. The lowest BCUT2D eigenvalue weighted by Crippen LogP contribution is -1.99. The van der Waals surface area contributed by atoms with Crippen LogP contribution in [0.2, 0.25) is 0 Å². The van der Waals surface area contributed by atoms with E-state index in [-0.39, 0.29) is 18.4 Å². The first-order chi connectivity index (χ1) is 5.77. The highest BCUT2D eigenvalue weighted by Crippen LogP contribution is 2.29. The van der Waals surface area contributed by atoms with Crippen LogP contribution in [0.1, 0.15) is 10.5 Å². The zero-order valence-corrected chi connectivity index (χ0v) is 5.98. The second-order valence-electron chi connectivity index (χ2n) is 2.21. The molecule has 1 aliphatic heterocycles. The predicted molar refractivity (Wildman–Crippen MR) is 37.3 cm³/mol. The Morgan fingerprint density at radius 1 is 1.50 bits per heavy atom. The quantitative estimate of drug-likeness (QED) is 0.659. The van der Waals surface area contributed by atoms with Crippen LogP contribution in [0.15, 0.2) is 12.1 Å². The lowest BCUT2D eigenvalue weighted by atomic mass is 10.3. The number of aromatic nitrogens is 1. The fraction of sp³-hybridized carbons (Fsp3) is 0.143. The SMILES string of the molecule is O=C(O)c1ccc2c(n1)OCO2. The summed E-state index contributed by atoms with van der Waals surface area (Å²) >= 11 is 0. The van der Waals surface area contributed by atoms with Crippen molar-refractivity contribution < 1.29 is 19.4 Å². The van der Waals surface area contributed by atoms with Crippen molar-refractivity contribution in [1.82, 2.24) is 4.98 Å². The van der Waals surface area contributed by atoms with Gasteiger partial charge in [0.25, 0.3) is 5.88 Å². The molecule has 2 rings (SSSR count). The number of pyridine rings is 1. The van der Waals surface area contributed by atoms with Crippen LogP contribution < -0.4 is 9.47 Å². The molecule has 1 aromatic heterocycles. The molecule has 0 radical (unpaired) electrons. The minimum absolute atomic E-state index is 0.0424. The molecule has 5 nitrogen and oxygen atoms in total. The Morgan fingerprint density at radius 2 is 2.33 bits per heavy atom. The third-order valence-corrected chi connectivity index (χ3v) is 1.45. The van der Waals surface area contributed by atoms with Gasteiger partial charge in [-0.2, -0.15) is 0 Å². The molecule has 1 N–H and O–H groups in total. The molecule has 5 heteroatoms. The summed E-state index contributed by atoms with van der Waals surface area (Å²) in [5.74, 6) is -0.344. The van der Waals surface area contributed by atoms with E-state index in [4.69, 9.17) is 14.6 Å². The minimum Gasteiger partial charge on any atom is -0.477 e. The summed E-state index contributed by atoms with van der Waals surface area (Å²) in [6.07, 6.45) is 0. The van der Waals surface area contributed by atoms with Crippen LogP contribution in [-0.4, -0.2) is 22.9 Å². The lowest BCUT2D eigenvalue weighted by molar-refractivity contribution is 0.0689. The van der Waals surface area contributed by atoms with E-state index < -0.39 is 5.97 Å². The molecular weight excluding hydrogens is 162 g/mol. The Labute approximate surface area is 67.6 Å². The molecule has 62 valence electrons. The molecular formula is C7H5NO4. The molecule has 12 heavy (non-hydrogen) atoms. The molecule has 0 saturated heterocycles. The number of ether oxygens (including phenoxy) is 2. The first kappa shape index (κ1) is 6.90. The van der Waals surface area contributed by atoms with E-state index in [9.17, 15) is 4.79 Å². The van der Waals surface area contributed by atoms with E-state index in [0.29, 0.717) is 5.75 Å². The first-order valence-electron chi connectivity index (χ1n) is 3.27. The number of carboxylic acid groups (broad SMARTS) is 1. The number of hydrogen-bond donors (Lipinski definition) is 1. The van der Waals surface area contributed by atoms with E-state index >= 15 is 0 Å². The maximum absolute atomic E-state index is 10.4. The zero-order valence-electron chi connectivity index (χ0n) is 5.98. The number of carboxylic acids is 1. The summed E-state index contributed by atoms with van der Waals surface area (Å²) < 4.78 is 9.85. The van der Waals surface area contributed by atoms with E-state index in [1.54, 1.807) is 0 Å². The van der Waals surface area contributed by atoms with Crippen LogP contribution in [-0.2, 0) is 0 Å². The fourth-order valence-corrected chi connectivity index (χ4v) is 0.909. The third-order valence-electron chi connectivity index (χ3n) is 1.45. The van der Waals surface area contributed by atoms with E-state index in [1.807, 2.05) is 0 Å². The van der Waals surface area contributed by atoms with Gasteiger partial charge in [-0.3, -0.25) is 0 Å². The third kappa shape index (κ3) is 0.952. The molecule has 0 fully saturated rings. The average Bonchev–Trinajstić information content (AvgIpc) is 2.49. The summed E-state index contributed by atoms with van der Waals surface area (Å²) in [6.45, 7) is 0.103. The lowest BCUT2D eigenvalue weighted by Gasteiger charge is -1.95. The van der Waals surface area contributed by atoms with Gasteiger partial charge in [-0.05, 0) is 12.1 Å². The number of nitrogens with zero attached hydrogens (tertiary/aromatic N) is 1. The van der Waals surface area contributed by atoms with Crippen LogP contribution in [0.3, 0.4) is 0 Å². The molecule has 0 aromatic carbocycles. The molecule has 0 saturated carbocycles. The standard InChI is InChI=1S/C7H5NO4/c9-7(10)4-1-2-5-6(8-4)12-3-11-5/h1-2H,3H2,(H,9,10). The Kier molecular flexibility index (Phi) is 1.36. The van der Waals surface area contributed by atoms with Crippen LogP contribution in [0.25, 0.3) is 0 Å². The summed E-state index contributed by atoms with van der Waals surface area (Å²) in [4.78, 5) is 14.1. The van der Waals surface area contributed by atoms with Gasteiger partial charge in [-0.25, -0.2) is 9.78 Å². The van der Waals surface area contributed by atoms with Crippen molar-refractivity contribution in [3.05, 3.63) is 17.8 Å². The highest BCUT2D eigenvalue weighted by atomic mass is 16.7. The van der Waals surface area contributed by atoms with Crippen molar-refractivity contribution in [2.24, 2.45) is 0 Å². The number of carbonyl (C=O) groups is 1. The molecule has 0 aliphatic carbocycles. The van der Waals surface area contributed by atoms with Crippen LogP contribution >= 0.6 is 0 Å². The summed E-state index contributed by atoms with van der Waals surface area (Å²) in [7, 11) is 0. The summed E-state index contributed by atoms with van der Waals surface area (Å²) in [6, 6.07) is 2.90. The monoisotopic (exact) mass is 167 g/mol. The molecule has 0 amide bonds. The maximum atomic E-state index is 10.4. The van der Waals surface area contributed by atoms with Crippen LogP contribution in [0.4, 0.5) is 0 Å². The predicted octanol–water partition coefficient (Wildman–Crippen LogP) is 0.508. The highest BCUT2D eigenvalue weighted by molar-refractivity contribution is 5.85. The first-order valence-corrected chi connectivity index (χ1v) is 3.27. The average molecular weight is 167 g/mol. The molecule has 0 spiro atoms. The second-order valence-corrected chi connectivity index (χ2v) is 2.21. The second kappa shape index (κ2) is 2.37. The molecule has 0 bridgehead atoms. The zero-order chi connectivity index (χ0) is 8.55. The van der Waals surface area contributed by atoms with Gasteiger partial charge in [0.05, 0.1) is 0 Å². The maximum Gasteiger partial charge on any atom is 0.354 e. The number of fused-ring (bicyclic) bond motifs is 1. The number of aromatic carboxylic acids is 1. The topological polar surface area (TPSA) is 68.7 Å². The van der Waals surface area contributed by atoms with Gasteiger partial charge in [0, 0.05) is 0 Å². The Morgan fingerprint density at radius 3 is 3.08 bits per heavy atom. The van der Waals surface area contributed by atoms with Crippen molar-refractivity contribution in [3.63, 3.8) is 0 Å². The van der Waals surface area contributed by atoms with Gasteiger partial charge >= 0.3 is 5.97 Å². The van der Waals surface area contributed by atoms with E-state index in [0.717, 1.165) is 0 Å². The summed E-state index contributed by atoms with van der Waals surface area (Å²) in [5, 5.41) is 8.56. The largest absolute Gasteiger partial charge is 0.477 e. The normalized spacial score (nSPS) is 13.0. The van der Waals surface area contributed by atoms with Gasteiger partial charge in [0.2, 0.25) is 6.79 Å². The Hall–Kier alpha value is -1.78. The highest BCUT2D eigenvalue weighted by Gasteiger charge is 2.17. The van der Waals surface area contributed by atoms with E-state index in [1.165, 1.54) is 12.1 Å². The van der Waals surface area contributed by atoms with Crippen LogP contribution in [0, 0.1) is 0 Å². The Balaban J connectivity index is 2.45. The molecule has 1 aromatic rings. The number of hydrogen-bond acceptors (Lipinski definition) is 4. The van der Waals surface area contributed by atoms with Gasteiger partial charge < -0.3 is 14.6 Å². The van der Waals surface area contributed by atoms with Crippen molar-refractivity contribution in [1.29, 1.82) is 0 Å². The molecule has 1 aliphatic rings. The van der Waals surface area contributed by atoms with Crippen molar-refractivity contribution >= 4 is 5.97 Å². The molecule has 2 heterocycles. The molecule has 0 unspecified atom stereocenters. The van der Waals surface area contributed by atoms with Crippen LogP contribution in [0.5, 0.6) is 11.6 Å². The summed E-state index contributed by atoms with van der Waals surface area (Å²) in [5.41, 5.74) is -0.0424.